The van der Waals surface area contributed by atoms with Gasteiger partial charge in [0, 0.05) is 35.1 Å². The van der Waals surface area contributed by atoms with Gasteiger partial charge in [-0.15, -0.1) is 0 Å². The quantitative estimate of drug-likeness (QED) is 0.542. The normalized spacial score (nSPS) is 11.1. The molecule has 18 heavy (non-hydrogen) atoms. The molecule has 0 radical (unpaired) electrons. The van der Waals surface area contributed by atoms with Crippen LogP contribution in [0.5, 0.6) is 0 Å². The second kappa shape index (κ2) is 4.71. The van der Waals surface area contributed by atoms with Crippen molar-refractivity contribution in [3.05, 3.63) is 60.6 Å². The van der Waals surface area contributed by atoms with Crippen molar-refractivity contribution in [1.82, 2.24) is 9.97 Å². The number of pyridine rings is 1. The van der Waals surface area contributed by atoms with Crippen LogP contribution in [-0.4, -0.2) is 16.2 Å². The van der Waals surface area contributed by atoms with E-state index in [2.05, 4.69) is 26.6 Å². The highest BCUT2D eigenvalue weighted by atomic mass is 15.3. The number of aromatic amines is 1. The van der Waals surface area contributed by atoms with E-state index in [-0.39, 0.29) is 0 Å². The number of para-hydroxylation sites is 1. The van der Waals surface area contributed by atoms with Gasteiger partial charge in [-0.1, -0.05) is 18.2 Å². The summed E-state index contributed by atoms with van der Waals surface area (Å²) in [6, 6.07) is 11.9. The van der Waals surface area contributed by atoms with Gasteiger partial charge in [0.2, 0.25) is 0 Å². The standard InChI is InChI=1S/C14H12N4/c1-2-4-14-13(3-1)11(9-16-14)10-17-18-12-5-7-15-8-6-12/h1-10,16H,(H,15,18)/b17-10-. The highest BCUT2D eigenvalue weighted by Crippen LogP contribution is 2.15. The molecule has 88 valence electrons. The molecule has 0 unspecified atom stereocenters. The molecule has 4 heteroatoms. The van der Waals surface area contributed by atoms with Crippen LogP contribution >= 0.6 is 0 Å². The van der Waals surface area contributed by atoms with E-state index >= 15 is 0 Å². The van der Waals surface area contributed by atoms with Gasteiger partial charge >= 0.3 is 0 Å². The molecular formula is C14H12N4. The zero-order valence-corrected chi connectivity index (χ0v) is 9.67. The molecule has 3 rings (SSSR count). The van der Waals surface area contributed by atoms with Crippen molar-refractivity contribution < 1.29 is 0 Å². The lowest BCUT2D eigenvalue weighted by Gasteiger charge is -1.97. The zero-order valence-electron chi connectivity index (χ0n) is 9.67. The van der Waals surface area contributed by atoms with Gasteiger partial charge in [0.25, 0.3) is 0 Å². The first kappa shape index (κ1) is 10.5. The monoisotopic (exact) mass is 236 g/mol. The molecule has 0 saturated heterocycles. The predicted molar refractivity (Wildman–Crippen MR) is 73.8 cm³/mol. The van der Waals surface area contributed by atoms with Gasteiger partial charge in [-0.25, -0.2) is 0 Å². The van der Waals surface area contributed by atoms with E-state index in [4.69, 9.17) is 0 Å². The molecule has 4 nitrogen and oxygen atoms in total. The molecule has 0 bridgehead atoms. The molecule has 2 N–H and O–H groups in total. The van der Waals surface area contributed by atoms with Crippen LogP contribution in [0.2, 0.25) is 0 Å². The first-order chi connectivity index (χ1) is 8.93. The zero-order chi connectivity index (χ0) is 12.2. The predicted octanol–water partition coefficient (Wildman–Crippen LogP) is 3.01. The van der Waals surface area contributed by atoms with Crippen molar-refractivity contribution in [2.24, 2.45) is 5.10 Å². The average Bonchev–Trinajstić information content (AvgIpc) is 2.84. The van der Waals surface area contributed by atoms with E-state index < -0.39 is 0 Å². The van der Waals surface area contributed by atoms with Gasteiger partial charge in [-0.3, -0.25) is 10.4 Å². The first-order valence-corrected chi connectivity index (χ1v) is 5.69. The van der Waals surface area contributed by atoms with Gasteiger partial charge in [-0.05, 0) is 18.2 Å². The molecule has 0 aliphatic heterocycles. The number of nitrogens with zero attached hydrogens (tertiary/aromatic N) is 2. The van der Waals surface area contributed by atoms with Gasteiger partial charge in [0.1, 0.15) is 0 Å². The van der Waals surface area contributed by atoms with Crippen LogP contribution < -0.4 is 5.43 Å². The van der Waals surface area contributed by atoms with E-state index in [1.54, 1.807) is 18.6 Å². The van der Waals surface area contributed by atoms with Gasteiger partial charge in [-0.2, -0.15) is 5.10 Å². The molecule has 3 aromatic rings. The minimum Gasteiger partial charge on any atom is -0.361 e. The first-order valence-electron chi connectivity index (χ1n) is 5.69. The van der Waals surface area contributed by atoms with Crippen molar-refractivity contribution in [1.29, 1.82) is 0 Å². The lowest BCUT2D eigenvalue weighted by atomic mass is 10.2. The summed E-state index contributed by atoms with van der Waals surface area (Å²) in [5.41, 5.74) is 6.06. The molecule has 0 saturated carbocycles. The maximum Gasteiger partial charge on any atom is 0.0592 e. The Kier molecular flexibility index (Phi) is 2.75. The molecule has 2 aromatic heterocycles. The second-order valence-corrected chi connectivity index (χ2v) is 3.90. The fraction of sp³-hybridized carbons (Fsp3) is 0. The Hall–Kier alpha value is -2.62. The van der Waals surface area contributed by atoms with E-state index in [1.165, 1.54) is 0 Å². The number of aromatic nitrogens is 2. The fourth-order valence-electron chi connectivity index (χ4n) is 1.80. The summed E-state index contributed by atoms with van der Waals surface area (Å²) < 4.78 is 0. The number of hydrogen-bond donors (Lipinski definition) is 2. The van der Waals surface area contributed by atoms with Crippen molar-refractivity contribution in [2.45, 2.75) is 0 Å². The van der Waals surface area contributed by atoms with Gasteiger partial charge < -0.3 is 4.98 Å². The summed E-state index contributed by atoms with van der Waals surface area (Å²) in [7, 11) is 0. The summed E-state index contributed by atoms with van der Waals surface area (Å²) in [5.74, 6) is 0. The topological polar surface area (TPSA) is 53.1 Å². The highest BCUT2D eigenvalue weighted by molar-refractivity contribution is 5.99. The van der Waals surface area contributed by atoms with Crippen LogP contribution in [0, 0.1) is 0 Å². The maximum absolute atomic E-state index is 4.21. The van der Waals surface area contributed by atoms with Crippen LogP contribution in [0.3, 0.4) is 0 Å². The third-order valence-corrected chi connectivity index (χ3v) is 2.70. The summed E-state index contributed by atoms with van der Waals surface area (Å²) in [6.07, 6.45) is 7.20. The van der Waals surface area contributed by atoms with E-state index in [9.17, 15) is 0 Å². The van der Waals surface area contributed by atoms with Crippen molar-refractivity contribution in [3.8, 4) is 0 Å². The summed E-state index contributed by atoms with van der Waals surface area (Å²) in [6.45, 7) is 0. The van der Waals surface area contributed by atoms with Crippen molar-refractivity contribution in [2.75, 3.05) is 5.43 Å². The average molecular weight is 236 g/mol. The Morgan fingerprint density at radius 2 is 1.94 bits per heavy atom. The number of hydrogen-bond acceptors (Lipinski definition) is 3. The van der Waals surface area contributed by atoms with Crippen LogP contribution in [-0.2, 0) is 0 Å². The van der Waals surface area contributed by atoms with Crippen LogP contribution in [0.15, 0.2) is 60.1 Å². The van der Waals surface area contributed by atoms with Crippen molar-refractivity contribution in [3.63, 3.8) is 0 Å². The van der Waals surface area contributed by atoms with E-state index in [0.29, 0.717) is 0 Å². The molecule has 2 heterocycles. The molecule has 0 aliphatic carbocycles. The highest BCUT2D eigenvalue weighted by Gasteiger charge is 1.98. The van der Waals surface area contributed by atoms with Crippen molar-refractivity contribution >= 4 is 22.8 Å². The summed E-state index contributed by atoms with van der Waals surface area (Å²) in [4.78, 5) is 7.16. The fourth-order valence-corrected chi connectivity index (χ4v) is 1.80. The Morgan fingerprint density at radius 3 is 2.83 bits per heavy atom. The lowest BCUT2D eigenvalue weighted by molar-refractivity contribution is 1.28. The lowest BCUT2D eigenvalue weighted by Crippen LogP contribution is -1.89. The maximum atomic E-state index is 4.21. The second-order valence-electron chi connectivity index (χ2n) is 3.90. The van der Waals surface area contributed by atoms with Crippen LogP contribution in [0.1, 0.15) is 5.56 Å². The Bertz CT molecular complexity index is 670. The molecule has 0 amide bonds. The minimum atomic E-state index is 0.918. The number of nitrogens with one attached hydrogen (secondary N) is 2. The molecule has 0 spiro atoms. The SMILES string of the molecule is C(=N/Nc1ccncc1)/c1c[nH]c2ccccc12. The Labute approximate surface area is 104 Å². The van der Waals surface area contributed by atoms with Crippen LogP contribution in [0.4, 0.5) is 5.69 Å². The Balaban J connectivity index is 1.80. The minimum absolute atomic E-state index is 0.918. The molecular weight excluding hydrogens is 224 g/mol. The molecule has 0 aliphatic rings. The number of rotatable bonds is 3. The number of benzene rings is 1. The van der Waals surface area contributed by atoms with E-state index in [0.717, 1.165) is 22.2 Å². The molecule has 0 atom stereocenters. The summed E-state index contributed by atoms with van der Waals surface area (Å²) >= 11 is 0. The third-order valence-electron chi connectivity index (χ3n) is 2.70. The summed E-state index contributed by atoms with van der Waals surface area (Å²) in [5, 5.41) is 5.38. The van der Waals surface area contributed by atoms with E-state index in [1.807, 2.05) is 36.5 Å². The largest absolute Gasteiger partial charge is 0.361 e. The molecule has 0 fully saturated rings. The number of anilines is 1. The van der Waals surface area contributed by atoms with Crippen LogP contribution in [0.25, 0.3) is 10.9 Å². The third kappa shape index (κ3) is 2.08. The smallest absolute Gasteiger partial charge is 0.0592 e. The Morgan fingerprint density at radius 1 is 1.11 bits per heavy atom. The van der Waals surface area contributed by atoms with Gasteiger partial charge in [0.05, 0.1) is 11.9 Å². The number of hydrazone groups is 1. The molecule has 1 aromatic carbocycles. The number of fused-ring (bicyclic) bond motifs is 1. The number of H-pyrrole nitrogens is 1. The van der Waals surface area contributed by atoms with Gasteiger partial charge in [0.15, 0.2) is 0 Å².